The van der Waals surface area contributed by atoms with E-state index in [0.717, 1.165) is 38.6 Å². The molecule has 0 aromatic heterocycles. The van der Waals surface area contributed by atoms with Crippen LogP contribution in [0.25, 0.3) is 0 Å². The Bertz CT molecular complexity index is 725. The Morgan fingerprint density at radius 3 is 2.47 bits per heavy atom. The van der Waals surface area contributed by atoms with Crippen molar-refractivity contribution in [2.24, 2.45) is 0 Å². The maximum absolute atomic E-state index is 12.2. The minimum Gasteiger partial charge on any atom is -0.400 e. The van der Waals surface area contributed by atoms with E-state index in [9.17, 15) is 8.42 Å². The Morgan fingerprint density at radius 2 is 1.90 bits per heavy atom. The molecule has 0 bridgehead atoms. The maximum atomic E-state index is 12.2. The van der Waals surface area contributed by atoms with E-state index >= 15 is 0 Å². The molecule has 30 heavy (non-hydrogen) atoms. The van der Waals surface area contributed by atoms with Gasteiger partial charge in [-0.2, -0.15) is 17.4 Å². The molecule has 2 heterocycles. The molecule has 8 nitrogen and oxygen atoms in total. The van der Waals surface area contributed by atoms with Crippen molar-refractivity contribution in [3.05, 3.63) is 11.5 Å². The molecule has 3 rings (SSSR count). The summed E-state index contributed by atoms with van der Waals surface area (Å²) < 4.78 is 47.0. The van der Waals surface area contributed by atoms with E-state index in [4.69, 9.17) is 14.0 Å². The van der Waals surface area contributed by atoms with Gasteiger partial charge in [-0.3, -0.25) is 0 Å². The molecule has 0 radical (unpaired) electrons. The highest BCUT2D eigenvalue weighted by Gasteiger charge is 2.52. The quantitative estimate of drug-likeness (QED) is 0.582. The van der Waals surface area contributed by atoms with Gasteiger partial charge in [0, 0.05) is 26.2 Å². The van der Waals surface area contributed by atoms with Crippen LogP contribution >= 0.6 is 0 Å². The summed E-state index contributed by atoms with van der Waals surface area (Å²) in [6.07, 6.45) is 6.70. The molecule has 0 amide bonds. The lowest BCUT2D eigenvalue weighted by Gasteiger charge is -2.34. The summed E-state index contributed by atoms with van der Waals surface area (Å²) >= 11 is 0. The molecule has 3 aliphatic rings. The summed E-state index contributed by atoms with van der Waals surface area (Å²) in [6, 6.07) is -0.187. The standard InChI is InChI=1S/C20H38BN3O5S/c1-19(2)20(3,4)29-21(28-19)15-9-11-16(12-10-15)27-14-18-17(8-7-13-22-18)23-30(25,26)24(5)6/h9,16-18,22-23H,7-8,10-14H2,1-6H3/t16-,17-,18-/m0/s1. The van der Waals surface area contributed by atoms with E-state index < -0.39 is 10.2 Å². The summed E-state index contributed by atoms with van der Waals surface area (Å²) in [6.45, 7) is 9.65. The number of hydrogen-bond donors (Lipinski definition) is 2. The third-order valence-electron chi connectivity index (χ3n) is 6.83. The van der Waals surface area contributed by atoms with Crippen molar-refractivity contribution in [1.82, 2.24) is 14.3 Å². The molecule has 10 heteroatoms. The van der Waals surface area contributed by atoms with Crippen LogP contribution in [0.5, 0.6) is 0 Å². The van der Waals surface area contributed by atoms with Gasteiger partial charge in [-0.1, -0.05) is 6.08 Å². The number of allylic oxidation sites excluding steroid dienone is 1. The summed E-state index contributed by atoms with van der Waals surface area (Å²) in [4.78, 5) is 0. The van der Waals surface area contributed by atoms with Crippen LogP contribution in [-0.2, 0) is 24.3 Å². The topological polar surface area (TPSA) is 89.1 Å². The molecule has 2 saturated heterocycles. The third kappa shape index (κ3) is 5.46. The number of nitrogens with zero attached hydrogens (tertiary/aromatic N) is 1. The molecule has 0 aromatic carbocycles. The van der Waals surface area contributed by atoms with E-state index in [1.54, 1.807) is 0 Å². The van der Waals surface area contributed by atoms with Gasteiger partial charge >= 0.3 is 7.12 Å². The molecular formula is C20H38BN3O5S. The molecule has 0 saturated carbocycles. The molecule has 3 atom stereocenters. The van der Waals surface area contributed by atoms with Gasteiger partial charge in [-0.15, -0.1) is 0 Å². The van der Waals surface area contributed by atoms with Crippen LogP contribution in [0, 0.1) is 0 Å². The zero-order chi connectivity index (χ0) is 22.2. The monoisotopic (exact) mass is 443 g/mol. The second kappa shape index (κ2) is 9.17. The van der Waals surface area contributed by atoms with Crippen LogP contribution in [0.3, 0.4) is 0 Å². The fourth-order valence-corrected chi connectivity index (χ4v) is 4.87. The fourth-order valence-electron chi connectivity index (χ4n) is 4.00. The molecule has 0 unspecified atom stereocenters. The van der Waals surface area contributed by atoms with Crippen molar-refractivity contribution in [3.63, 3.8) is 0 Å². The van der Waals surface area contributed by atoms with Crippen LogP contribution in [0.15, 0.2) is 11.5 Å². The van der Waals surface area contributed by atoms with Crippen molar-refractivity contribution in [3.8, 4) is 0 Å². The van der Waals surface area contributed by atoms with Gasteiger partial charge in [0.2, 0.25) is 0 Å². The molecule has 0 spiro atoms. The molecule has 2 fully saturated rings. The van der Waals surface area contributed by atoms with Crippen LogP contribution in [-0.4, -0.2) is 76.5 Å². The summed E-state index contributed by atoms with van der Waals surface area (Å²) in [5.41, 5.74) is 0.543. The fraction of sp³-hybridized carbons (Fsp3) is 0.900. The minimum absolute atomic E-state index is 0.0260. The van der Waals surface area contributed by atoms with Crippen LogP contribution in [0.1, 0.15) is 59.8 Å². The van der Waals surface area contributed by atoms with Crippen LogP contribution in [0.4, 0.5) is 0 Å². The Kier molecular flexibility index (Phi) is 7.39. The van der Waals surface area contributed by atoms with Crippen LogP contribution < -0.4 is 10.0 Å². The number of rotatable bonds is 7. The van der Waals surface area contributed by atoms with E-state index in [0.29, 0.717) is 6.61 Å². The molecule has 2 aliphatic heterocycles. The van der Waals surface area contributed by atoms with Crippen molar-refractivity contribution in [2.75, 3.05) is 27.2 Å². The van der Waals surface area contributed by atoms with E-state index in [2.05, 4.69) is 43.8 Å². The zero-order valence-electron chi connectivity index (χ0n) is 19.2. The molecule has 2 N–H and O–H groups in total. The van der Waals surface area contributed by atoms with E-state index in [-0.39, 0.29) is 36.5 Å². The molecule has 1 aliphatic carbocycles. The first kappa shape index (κ1) is 24.2. The predicted octanol–water partition coefficient (Wildman–Crippen LogP) is 1.63. The SMILES string of the molecule is CN(C)S(=O)(=O)N[C@H]1CCCN[C@H]1CO[C@H]1CC=C(B2OC(C)(C)C(C)(C)O2)CC1. The van der Waals surface area contributed by atoms with Crippen LogP contribution in [0.2, 0.25) is 0 Å². The highest BCUT2D eigenvalue weighted by molar-refractivity contribution is 7.87. The summed E-state index contributed by atoms with van der Waals surface area (Å²) in [7, 11) is -0.661. The number of ether oxygens (including phenoxy) is 1. The second-order valence-electron chi connectivity index (χ2n) is 9.81. The average Bonchev–Trinajstić information content (AvgIpc) is 2.88. The Balaban J connectivity index is 1.51. The zero-order valence-corrected chi connectivity index (χ0v) is 20.0. The first-order valence-corrected chi connectivity index (χ1v) is 12.4. The largest absolute Gasteiger partial charge is 0.490 e. The summed E-state index contributed by atoms with van der Waals surface area (Å²) in [5.74, 6) is 0. The van der Waals surface area contributed by atoms with E-state index in [1.165, 1.54) is 23.9 Å². The minimum atomic E-state index is -3.46. The maximum Gasteiger partial charge on any atom is 0.490 e. The lowest BCUT2D eigenvalue weighted by Crippen LogP contribution is -2.57. The smallest absolute Gasteiger partial charge is 0.400 e. The normalized spacial score (nSPS) is 31.8. The summed E-state index contributed by atoms with van der Waals surface area (Å²) in [5, 5.41) is 3.42. The molecule has 172 valence electrons. The number of nitrogens with one attached hydrogen (secondary N) is 2. The molecule has 0 aromatic rings. The first-order chi connectivity index (χ1) is 13.9. The van der Waals surface area contributed by atoms with Gasteiger partial charge in [-0.05, 0) is 71.8 Å². The van der Waals surface area contributed by atoms with Crippen molar-refractivity contribution in [1.29, 1.82) is 0 Å². The van der Waals surface area contributed by atoms with Gasteiger partial charge in [0.05, 0.1) is 23.9 Å². The van der Waals surface area contributed by atoms with Gasteiger partial charge in [-0.25, -0.2) is 0 Å². The highest BCUT2D eigenvalue weighted by Crippen LogP contribution is 2.40. The number of hydrogen-bond acceptors (Lipinski definition) is 6. The van der Waals surface area contributed by atoms with Gasteiger partial charge in [0.15, 0.2) is 0 Å². The first-order valence-electron chi connectivity index (χ1n) is 11.0. The predicted molar refractivity (Wildman–Crippen MR) is 118 cm³/mol. The van der Waals surface area contributed by atoms with Crippen molar-refractivity contribution < 1.29 is 22.5 Å². The Labute approximate surface area is 182 Å². The van der Waals surface area contributed by atoms with Gasteiger partial charge < -0.3 is 19.4 Å². The Hall–Kier alpha value is -0.485. The molecular weight excluding hydrogens is 405 g/mol. The van der Waals surface area contributed by atoms with Gasteiger partial charge in [0.25, 0.3) is 10.2 Å². The highest BCUT2D eigenvalue weighted by atomic mass is 32.2. The average molecular weight is 443 g/mol. The van der Waals surface area contributed by atoms with E-state index in [1.807, 2.05) is 0 Å². The van der Waals surface area contributed by atoms with Crippen molar-refractivity contribution >= 4 is 17.3 Å². The lowest BCUT2D eigenvalue weighted by atomic mass is 9.72. The van der Waals surface area contributed by atoms with Crippen molar-refractivity contribution in [2.45, 2.75) is 89.2 Å². The van der Waals surface area contributed by atoms with Gasteiger partial charge in [0.1, 0.15) is 0 Å². The second-order valence-corrected chi connectivity index (χ2v) is 11.7. The lowest BCUT2D eigenvalue weighted by molar-refractivity contribution is 0.00578. The number of piperidine rings is 1. The third-order valence-corrected chi connectivity index (χ3v) is 8.39. The Morgan fingerprint density at radius 1 is 1.23 bits per heavy atom.